The van der Waals surface area contributed by atoms with Gasteiger partial charge < -0.3 is 5.11 Å². The van der Waals surface area contributed by atoms with E-state index in [1.807, 2.05) is 54.2 Å². The van der Waals surface area contributed by atoms with E-state index in [0.717, 1.165) is 41.2 Å². The minimum atomic E-state index is 0.370. The average molecular weight is 407 g/mol. The third-order valence-corrected chi connectivity index (χ3v) is 6.71. The van der Waals surface area contributed by atoms with Crippen LogP contribution in [-0.2, 0) is 19.3 Å². The Morgan fingerprint density at radius 1 is 0.867 bits per heavy atom. The summed E-state index contributed by atoms with van der Waals surface area (Å²) < 4.78 is 0. The van der Waals surface area contributed by atoms with Gasteiger partial charge in [0, 0.05) is 34.4 Å². The smallest absolute Gasteiger partial charge is 0.126 e. The van der Waals surface area contributed by atoms with E-state index in [0.29, 0.717) is 5.75 Å². The molecule has 1 heterocycles. The molecule has 0 saturated heterocycles. The van der Waals surface area contributed by atoms with E-state index >= 15 is 0 Å². The van der Waals surface area contributed by atoms with Crippen LogP contribution in [0.3, 0.4) is 0 Å². The van der Waals surface area contributed by atoms with Crippen LogP contribution in [0.5, 0.6) is 5.75 Å². The highest BCUT2D eigenvalue weighted by Gasteiger charge is 2.13. The maximum Gasteiger partial charge on any atom is 0.126 e. The summed E-state index contributed by atoms with van der Waals surface area (Å²) in [4.78, 5) is 1.40. The molecule has 5 rings (SSSR count). The van der Waals surface area contributed by atoms with Gasteiger partial charge in [-0.1, -0.05) is 72.5 Å². The first-order chi connectivity index (χ1) is 14.8. The maximum atomic E-state index is 11.0. The van der Waals surface area contributed by atoms with Crippen LogP contribution in [0.4, 0.5) is 0 Å². The number of thioether (sulfide) groups is 1. The van der Waals surface area contributed by atoms with Gasteiger partial charge in [0.2, 0.25) is 0 Å². The van der Waals surface area contributed by atoms with Crippen LogP contribution >= 0.6 is 11.8 Å². The molecule has 0 atom stereocenters. The lowest BCUT2D eigenvalue weighted by atomic mass is 9.97. The summed E-state index contributed by atoms with van der Waals surface area (Å²) in [6, 6.07) is 27.2. The number of aromatic hydroxyl groups is 1. The van der Waals surface area contributed by atoms with Gasteiger partial charge in [-0.15, -0.1) is 11.8 Å². The van der Waals surface area contributed by atoms with Gasteiger partial charge >= 0.3 is 0 Å². The van der Waals surface area contributed by atoms with E-state index in [2.05, 4.69) is 48.2 Å². The Morgan fingerprint density at radius 2 is 1.73 bits per heavy atom. The highest BCUT2D eigenvalue weighted by Crippen LogP contribution is 2.34. The van der Waals surface area contributed by atoms with Crippen molar-refractivity contribution in [3.05, 3.63) is 107 Å². The molecule has 0 fully saturated rings. The SMILES string of the molecule is Oc1c(Cc2ccc3c(c2)CCS3)ccc2ccc(C#CCc3ccccc3)cc12. The molecule has 0 unspecified atom stereocenters. The van der Waals surface area contributed by atoms with Gasteiger partial charge in [-0.05, 0) is 52.3 Å². The number of hydrogen-bond acceptors (Lipinski definition) is 2. The van der Waals surface area contributed by atoms with Gasteiger partial charge in [0.05, 0.1) is 0 Å². The molecule has 1 nitrogen and oxygen atoms in total. The quantitative estimate of drug-likeness (QED) is 0.399. The fourth-order valence-corrected chi connectivity index (χ4v) is 5.04. The van der Waals surface area contributed by atoms with Crippen LogP contribution < -0.4 is 0 Å². The Balaban J connectivity index is 1.42. The average Bonchev–Trinajstić information content (AvgIpc) is 3.25. The molecule has 0 amide bonds. The molecule has 0 saturated carbocycles. The van der Waals surface area contributed by atoms with Crippen LogP contribution in [0.25, 0.3) is 10.8 Å². The van der Waals surface area contributed by atoms with Crippen molar-refractivity contribution in [2.24, 2.45) is 0 Å². The van der Waals surface area contributed by atoms with Crippen molar-refractivity contribution in [2.75, 3.05) is 5.75 Å². The van der Waals surface area contributed by atoms with E-state index in [9.17, 15) is 5.11 Å². The number of aryl methyl sites for hydroxylation is 1. The molecular weight excluding hydrogens is 384 g/mol. The fraction of sp³-hybridized carbons (Fsp3) is 0.143. The third kappa shape index (κ3) is 3.95. The summed E-state index contributed by atoms with van der Waals surface area (Å²) in [5.74, 6) is 8.04. The summed E-state index contributed by atoms with van der Waals surface area (Å²) in [7, 11) is 0. The van der Waals surface area contributed by atoms with Gasteiger partial charge in [-0.25, -0.2) is 0 Å². The zero-order valence-electron chi connectivity index (χ0n) is 16.7. The van der Waals surface area contributed by atoms with Crippen LogP contribution in [0.2, 0.25) is 0 Å². The van der Waals surface area contributed by atoms with Gasteiger partial charge in [-0.2, -0.15) is 0 Å². The van der Waals surface area contributed by atoms with Crippen molar-refractivity contribution in [1.29, 1.82) is 0 Å². The second kappa shape index (κ2) is 8.30. The van der Waals surface area contributed by atoms with Crippen molar-refractivity contribution < 1.29 is 5.11 Å². The number of benzene rings is 4. The molecule has 0 spiro atoms. The van der Waals surface area contributed by atoms with Crippen LogP contribution in [0.15, 0.2) is 83.8 Å². The molecule has 1 aliphatic heterocycles. The lowest BCUT2D eigenvalue weighted by Crippen LogP contribution is -1.92. The first-order valence-electron chi connectivity index (χ1n) is 10.3. The molecule has 1 aliphatic rings. The van der Waals surface area contributed by atoms with Gasteiger partial charge in [0.15, 0.2) is 0 Å². The van der Waals surface area contributed by atoms with E-state index < -0.39 is 0 Å². The summed E-state index contributed by atoms with van der Waals surface area (Å²) in [5, 5.41) is 12.9. The van der Waals surface area contributed by atoms with Crippen LogP contribution in [0, 0.1) is 11.8 Å². The number of rotatable bonds is 3. The normalized spacial score (nSPS) is 12.4. The van der Waals surface area contributed by atoms with E-state index in [4.69, 9.17) is 0 Å². The molecule has 4 aromatic carbocycles. The zero-order chi connectivity index (χ0) is 20.3. The number of hydrogen-bond donors (Lipinski definition) is 1. The number of fused-ring (bicyclic) bond motifs is 2. The van der Waals surface area contributed by atoms with Crippen molar-refractivity contribution >= 4 is 22.5 Å². The summed E-state index contributed by atoms with van der Waals surface area (Å²) in [6.07, 6.45) is 2.60. The number of phenolic OH excluding ortho intramolecular Hbond substituents is 1. The standard InChI is InChI=1S/C28H22OS/c29-28-25(18-22-10-14-27-24(17-22)15-16-30-27)13-12-23-11-9-21(19-26(23)28)8-4-7-20-5-2-1-3-6-20/h1-3,5-6,9-14,17,19,29H,7,15-16,18H2. The first kappa shape index (κ1) is 18.9. The third-order valence-electron chi connectivity index (χ3n) is 5.59. The molecule has 0 aromatic heterocycles. The minimum absolute atomic E-state index is 0.370. The lowest BCUT2D eigenvalue weighted by Gasteiger charge is -2.10. The predicted octanol–water partition coefficient (Wildman–Crippen LogP) is 6.38. The first-order valence-corrected chi connectivity index (χ1v) is 11.3. The van der Waals surface area contributed by atoms with E-state index in [1.165, 1.54) is 27.3 Å². The van der Waals surface area contributed by atoms with Crippen LogP contribution in [0.1, 0.15) is 27.8 Å². The Morgan fingerprint density at radius 3 is 2.63 bits per heavy atom. The molecule has 0 bridgehead atoms. The van der Waals surface area contributed by atoms with Crippen molar-refractivity contribution in [3.63, 3.8) is 0 Å². The fourth-order valence-electron chi connectivity index (χ4n) is 3.98. The second-order valence-corrected chi connectivity index (χ2v) is 8.83. The lowest BCUT2D eigenvalue weighted by molar-refractivity contribution is 0.476. The highest BCUT2D eigenvalue weighted by atomic mass is 32.2. The molecule has 30 heavy (non-hydrogen) atoms. The Hall–Kier alpha value is -3.15. The van der Waals surface area contributed by atoms with Gasteiger partial charge in [0.1, 0.15) is 5.75 Å². The summed E-state index contributed by atoms with van der Waals surface area (Å²) >= 11 is 1.93. The topological polar surface area (TPSA) is 20.2 Å². The van der Waals surface area contributed by atoms with Crippen molar-refractivity contribution in [2.45, 2.75) is 24.2 Å². The van der Waals surface area contributed by atoms with Crippen molar-refractivity contribution in [1.82, 2.24) is 0 Å². The van der Waals surface area contributed by atoms with Crippen LogP contribution in [-0.4, -0.2) is 10.9 Å². The molecule has 0 aliphatic carbocycles. The summed E-state index contributed by atoms with van der Waals surface area (Å²) in [5.41, 5.74) is 5.80. The second-order valence-electron chi connectivity index (χ2n) is 7.69. The van der Waals surface area contributed by atoms with E-state index in [1.54, 1.807) is 0 Å². The van der Waals surface area contributed by atoms with Gasteiger partial charge in [0.25, 0.3) is 0 Å². The molecule has 2 heteroatoms. The Kier molecular flexibility index (Phi) is 5.22. The molecule has 146 valence electrons. The van der Waals surface area contributed by atoms with Crippen molar-refractivity contribution in [3.8, 4) is 17.6 Å². The Bertz CT molecular complexity index is 1280. The molecule has 4 aromatic rings. The predicted molar refractivity (Wildman–Crippen MR) is 126 cm³/mol. The minimum Gasteiger partial charge on any atom is -0.507 e. The Labute approximate surface area is 181 Å². The summed E-state index contributed by atoms with van der Waals surface area (Å²) in [6.45, 7) is 0. The highest BCUT2D eigenvalue weighted by molar-refractivity contribution is 7.99. The number of phenols is 1. The largest absolute Gasteiger partial charge is 0.507 e. The van der Waals surface area contributed by atoms with Gasteiger partial charge in [-0.3, -0.25) is 0 Å². The van der Waals surface area contributed by atoms with E-state index in [-0.39, 0.29) is 0 Å². The maximum absolute atomic E-state index is 11.0. The monoisotopic (exact) mass is 406 g/mol. The molecular formula is C28H22OS. The molecule has 1 N–H and O–H groups in total. The molecule has 0 radical (unpaired) electrons. The zero-order valence-corrected chi connectivity index (χ0v) is 17.5.